The van der Waals surface area contributed by atoms with E-state index in [9.17, 15) is 24.3 Å². The smallest absolute Gasteiger partial charge is 0.390 e. The molecule has 3 N–H and O–H groups in total. The number of carbonyl (C=O) groups is 4. The number of rotatable bonds is 6. The standard InChI is InChI=1S/C25H30N6O6/c1-2-18(27-22(33)19-10-6-7-12-26-19)23(34)29-14-21(32)20-11-13-31(16-30(20)15-29)28-25(36)37-24(35)17-8-4-3-5-9-17/h3-10,12,18,20-21,32H,2,11,13-16H2,1H3,(H,27,33)(H,28,36). The van der Waals surface area contributed by atoms with Crippen LogP contribution in [0.2, 0.25) is 0 Å². The third kappa shape index (κ3) is 6.47. The topological polar surface area (TPSA) is 144 Å². The second kappa shape index (κ2) is 11.9. The van der Waals surface area contributed by atoms with E-state index in [2.05, 4.69) is 15.7 Å². The fraction of sp³-hybridized carbons (Fsp3) is 0.400. The highest BCUT2D eigenvalue weighted by Gasteiger charge is 2.41. The number of nitrogens with one attached hydrogen (secondary N) is 2. The Morgan fingerprint density at radius 3 is 2.57 bits per heavy atom. The highest BCUT2D eigenvalue weighted by Crippen LogP contribution is 2.22. The summed E-state index contributed by atoms with van der Waals surface area (Å²) in [6, 6.07) is 12.1. The third-order valence-electron chi connectivity index (χ3n) is 6.39. The summed E-state index contributed by atoms with van der Waals surface area (Å²) in [7, 11) is 0. The van der Waals surface area contributed by atoms with E-state index in [1.807, 2.05) is 4.90 Å². The summed E-state index contributed by atoms with van der Waals surface area (Å²) in [5.41, 5.74) is 3.02. The number of pyridine rings is 1. The van der Waals surface area contributed by atoms with Gasteiger partial charge in [-0.25, -0.2) is 14.6 Å². The van der Waals surface area contributed by atoms with Gasteiger partial charge in [0.15, 0.2) is 0 Å². The molecule has 12 nitrogen and oxygen atoms in total. The van der Waals surface area contributed by atoms with Crippen molar-refractivity contribution >= 4 is 23.9 Å². The first-order valence-electron chi connectivity index (χ1n) is 12.1. The molecule has 2 fully saturated rings. The van der Waals surface area contributed by atoms with Crippen molar-refractivity contribution in [3.05, 3.63) is 66.0 Å². The number of β-amino-alcohol motifs (C(OH)–C–C–N with tert-alkyl or cyclic N) is 1. The number of hydrogen-bond donors (Lipinski definition) is 3. The number of hydrazine groups is 1. The summed E-state index contributed by atoms with van der Waals surface area (Å²) in [4.78, 5) is 57.5. The van der Waals surface area contributed by atoms with Gasteiger partial charge >= 0.3 is 12.1 Å². The Kier molecular flexibility index (Phi) is 8.43. The Hall–Kier alpha value is -3.87. The fourth-order valence-corrected chi connectivity index (χ4v) is 4.48. The lowest BCUT2D eigenvalue weighted by molar-refractivity contribution is -0.152. The van der Waals surface area contributed by atoms with Crippen molar-refractivity contribution in [2.24, 2.45) is 0 Å². The van der Waals surface area contributed by atoms with Gasteiger partial charge in [0.05, 0.1) is 25.0 Å². The summed E-state index contributed by atoms with van der Waals surface area (Å²) in [6.45, 7) is 2.76. The molecule has 2 saturated heterocycles. The molecular weight excluding hydrogens is 480 g/mol. The average molecular weight is 511 g/mol. The van der Waals surface area contributed by atoms with Crippen molar-refractivity contribution in [3.63, 3.8) is 0 Å². The van der Waals surface area contributed by atoms with Gasteiger partial charge in [-0.1, -0.05) is 31.2 Å². The van der Waals surface area contributed by atoms with E-state index in [1.165, 1.54) is 11.1 Å². The number of fused-ring (bicyclic) bond motifs is 1. The molecule has 0 spiro atoms. The van der Waals surface area contributed by atoms with Crippen LogP contribution in [0.1, 0.15) is 40.6 Å². The van der Waals surface area contributed by atoms with E-state index in [0.29, 0.717) is 19.4 Å². The molecule has 37 heavy (non-hydrogen) atoms. The normalized spacial score (nSPS) is 20.9. The Morgan fingerprint density at radius 1 is 1.11 bits per heavy atom. The van der Waals surface area contributed by atoms with Crippen LogP contribution in [0.25, 0.3) is 0 Å². The molecule has 3 unspecified atom stereocenters. The van der Waals surface area contributed by atoms with Gasteiger partial charge in [-0.05, 0) is 37.1 Å². The van der Waals surface area contributed by atoms with Crippen LogP contribution < -0.4 is 10.7 Å². The number of ether oxygens (including phenoxy) is 1. The zero-order chi connectivity index (χ0) is 26.4. The molecule has 2 aliphatic heterocycles. The van der Waals surface area contributed by atoms with E-state index in [0.717, 1.165) is 0 Å². The van der Waals surface area contributed by atoms with E-state index >= 15 is 0 Å². The second-order valence-corrected chi connectivity index (χ2v) is 8.92. The minimum Gasteiger partial charge on any atom is -0.390 e. The molecule has 0 radical (unpaired) electrons. The highest BCUT2D eigenvalue weighted by molar-refractivity contribution is 5.96. The lowest BCUT2D eigenvalue weighted by Crippen LogP contribution is -2.67. The lowest BCUT2D eigenvalue weighted by Gasteiger charge is -2.49. The zero-order valence-electron chi connectivity index (χ0n) is 20.4. The Morgan fingerprint density at radius 2 is 1.86 bits per heavy atom. The number of nitrogens with zero attached hydrogens (tertiary/aromatic N) is 4. The summed E-state index contributed by atoms with van der Waals surface area (Å²) in [5.74, 6) is -1.54. The van der Waals surface area contributed by atoms with Crippen LogP contribution >= 0.6 is 0 Å². The number of esters is 1. The van der Waals surface area contributed by atoms with Crippen LogP contribution in [0.3, 0.4) is 0 Å². The number of benzene rings is 1. The molecule has 0 aliphatic carbocycles. The van der Waals surface area contributed by atoms with Crippen LogP contribution in [0, 0.1) is 0 Å². The summed E-state index contributed by atoms with van der Waals surface area (Å²) in [6.07, 6.45) is 0.686. The van der Waals surface area contributed by atoms with Crippen molar-refractivity contribution in [1.29, 1.82) is 0 Å². The van der Waals surface area contributed by atoms with E-state index < -0.39 is 30.1 Å². The quantitative estimate of drug-likeness (QED) is 0.375. The maximum atomic E-state index is 13.2. The third-order valence-corrected chi connectivity index (χ3v) is 6.39. The molecule has 3 amide bonds. The largest absolute Gasteiger partial charge is 0.429 e. The van der Waals surface area contributed by atoms with Gasteiger partial charge in [-0.3, -0.25) is 24.9 Å². The van der Waals surface area contributed by atoms with Gasteiger partial charge in [0.2, 0.25) is 5.91 Å². The predicted molar refractivity (Wildman–Crippen MR) is 131 cm³/mol. The van der Waals surface area contributed by atoms with E-state index in [-0.39, 0.29) is 43.1 Å². The minimum absolute atomic E-state index is 0.136. The van der Waals surface area contributed by atoms with Gasteiger partial charge < -0.3 is 20.1 Å². The molecule has 0 bridgehead atoms. The number of aliphatic hydroxyl groups is 1. The first kappa shape index (κ1) is 26.2. The molecule has 1 aromatic carbocycles. The molecule has 2 aromatic rings. The Balaban J connectivity index is 1.33. The van der Waals surface area contributed by atoms with Crippen LogP contribution in [-0.4, -0.2) is 93.4 Å². The minimum atomic E-state index is -0.916. The lowest BCUT2D eigenvalue weighted by atomic mass is 10.0. The molecule has 2 aliphatic rings. The molecule has 196 valence electrons. The number of hydrogen-bond acceptors (Lipinski definition) is 9. The van der Waals surface area contributed by atoms with Gasteiger partial charge in [0.25, 0.3) is 5.91 Å². The molecule has 12 heteroatoms. The number of amides is 3. The molecule has 1 aromatic heterocycles. The van der Waals surface area contributed by atoms with Crippen molar-refractivity contribution in [1.82, 2.24) is 30.5 Å². The number of aliphatic hydroxyl groups excluding tert-OH is 1. The van der Waals surface area contributed by atoms with E-state index in [4.69, 9.17) is 4.74 Å². The van der Waals surface area contributed by atoms with Crippen molar-refractivity contribution in [2.75, 3.05) is 26.4 Å². The summed E-state index contributed by atoms with van der Waals surface area (Å²) < 4.78 is 4.87. The predicted octanol–water partition coefficient (Wildman–Crippen LogP) is 0.566. The van der Waals surface area contributed by atoms with Crippen LogP contribution in [0.5, 0.6) is 0 Å². The van der Waals surface area contributed by atoms with Gasteiger partial charge in [0, 0.05) is 25.3 Å². The number of aromatic nitrogens is 1. The van der Waals surface area contributed by atoms with Crippen LogP contribution in [0.15, 0.2) is 54.7 Å². The molecule has 3 atom stereocenters. The van der Waals surface area contributed by atoms with E-state index in [1.54, 1.807) is 60.5 Å². The monoisotopic (exact) mass is 510 g/mol. The van der Waals surface area contributed by atoms with Crippen molar-refractivity contribution in [3.8, 4) is 0 Å². The number of carbonyl (C=O) groups excluding carboxylic acids is 4. The fourth-order valence-electron chi connectivity index (χ4n) is 4.48. The molecular formula is C25H30N6O6. The molecule has 3 heterocycles. The first-order valence-corrected chi connectivity index (χ1v) is 12.1. The second-order valence-electron chi connectivity index (χ2n) is 8.92. The van der Waals surface area contributed by atoms with Gasteiger partial charge in [0.1, 0.15) is 11.7 Å². The van der Waals surface area contributed by atoms with Crippen molar-refractivity contribution < 1.29 is 29.0 Å². The van der Waals surface area contributed by atoms with Crippen LogP contribution in [-0.2, 0) is 9.53 Å². The Labute approximate surface area is 214 Å². The van der Waals surface area contributed by atoms with Crippen LogP contribution in [0.4, 0.5) is 4.79 Å². The van der Waals surface area contributed by atoms with Crippen molar-refractivity contribution in [2.45, 2.75) is 38.0 Å². The zero-order valence-corrected chi connectivity index (χ0v) is 20.4. The first-order chi connectivity index (χ1) is 17.9. The summed E-state index contributed by atoms with van der Waals surface area (Å²) >= 11 is 0. The molecule has 0 saturated carbocycles. The van der Waals surface area contributed by atoms with Gasteiger partial charge in [-0.15, -0.1) is 0 Å². The highest BCUT2D eigenvalue weighted by atomic mass is 16.6. The molecule has 4 rings (SSSR count). The summed E-state index contributed by atoms with van der Waals surface area (Å²) in [5, 5.41) is 15.0. The maximum absolute atomic E-state index is 13.2. The average Bonchev–Trinajstić information content (AvgIpc) is 2.91. The SMILES string of the molecule is CCC(NC(=O)c1ccccn1)C(=O)N1CC(O)C2CCN(NC(=O)OC(=O)c3ccccc3)CN2C1. The Bertz CT molecular complexity index is 1120. The maximum Gasteiger partial charge on any atom is 0.429 e. The van der Waals surface area contributed by atoms with Gasteiger partial charge in [-0.2, -0.15) is 0 Å².